The second-order valence-electron chi connectivity index (χ2n) is 6.68. The summed E-state index contributed by atoms with van der Waals surface area (Å²) in [6.07, 6.45) is 5.61. The van der Waals surface area contributed by atoms with E-state index in [-0.39, 0.29) is 5.41 Å². The molecule has 1 aliphatic carbocycles. The molecule has 1 aliphatic heterocycles. The van der Waals surface area contributed by atoms with Crippen molar-refractivity contribution in [3.63, 3.8) is 0 Å². The number of rotatable bonds is 3. The molecule has 126 valence electrons. The van der Waals surface area contributed by atoms with E-state index in [4.69, 9.17) is 9.72 Å². The number of aromatic nitrogens is 4. The fourth-order valence-corrected chi connectivity index (χ4v) is 3.58. The number of aromatic amines is 1. The van der Waals surface area contributed by atoms with E-state index in [0.717, 1.165) is 54.2 Å². The largest absolute Gasteiger partial charge is 0.378 e. The Bertz CT molecular complexity index is 958. The summed E-state index contributed by atoms with van der Waals surface area (Å²) in [4.78, 5) is 7.16. The Morgan fingerprint density at radius 2 is 2.04 bits per heavy atom. The maximum absolute atomic E-state index is 9.73. The van der Waals surface area contributed by atoms with E-state index < -0.39 is 0 Å². The Balaban J connectivity index is 1.73. The van der Waals surface area contributed by atoms with Crippen LogP contribution in [0.2, 0.25) is 0 Å². The fourth-order valence-electron chi connectivity index (χ4n) is 3.58. The molecule has 3 aromatic heterocycles. The molecule has 7 nitrogen and oxygen atoms in total. The number of hydrogen-bond donors (Lipinski definition) is 1. The van der Waals surface area contributed by atoms with Crippen LogP contribution in [0.5, 0.6) is 0 Å². The zero-order valence-corrected chi connectivity index (χ0v) is 13.8. The molecule has 4 heterocycles. The van der Waals surface area contributed by atoms with Crippen LogP contribution < -0.4 is 4.90 Å². The number of nitrogens with zero attached hydrogens (tertiary/aromatic N) is 5. The van der Waals surface area contributed by atoms with Gasteiger partial charge in [-0.3, -0.25) is 9.67 Å². The van der Waals surface area contributed by atoms with E-state index in [9.17, 15) is 5.26 Å². The minimum Gasteiger partial charge on any atom is -0.378 e. The van der Waals surface area contributed by atoms with Crippen LogP contribution in [0.15, 0.2) is 30.6 Å². The number of anilines is 1. The molecule has 1 N–H and O–H groups in total. The summed E-state index contributed by atoms with van der Waals surface area (Å²) in [6, 6.07) is 8.61. The van der Waals surface area contributed by atoms with Crippen molar-refractivity contribution < 1.29 is 4.74 Å². The van der Waals surface area contributed by atoms with Crippen molar-refractivity contribution in [1.82, 2.24) is 19.7 Å². The van der Waals surface area contributed by atoms with Crippen molar-refractivity contribution in [2.45, 2.75) is 18.3 Å². The van der Waals surface area contributed by atoms with Crippen LogP contribution in [-0.4, -0.2) is 46.1 Å². The quantitative estimate of drug-likeness (QED) is 0.793. The number of ether oxygens (including phenoxy) is 1. The first kappa shape index (κ1) is 14.5. The molecule has 3 aromatic rings. The van der Waals surface area contributed by atoms with Gasteiger partial charge in [-0.15, -0.1) is 0 Å². The highest BCUT2D eigenvalue weighted by atomic mass is 16.5. The molecule has 0 radical (unpaired) electrons. The molecule has 2 aliphatic rings. The molecule has 0 aromatic carbocycles. The summed E-state index contributed by atoms with van der Waals surface area (Å²) in [5.74, 6) is 1.72. The van der Waals surface area contributed by atoms with Gasteiger partial charge in [0.05, 0.1) is 24.7 Å². The number of hydrogen-bond acceptors (Lipinski definition) is 5. The average molecular weight is 334 g/mol. The van der Waals surface area contributed by atoms with Crippen molar-refractivity contribution in [3.05, 3.63) is 36.2 Å². The Morgan fingerprint density at radius 3 is 2.72 bits per heavy atom. The standard InChI is InChI=1S/C18H18N6O/c19-12-18(3-4-18)14-11-16(23-7-9-25-10-8-23)21-17-13(14)2-6-24(17)15-1-5-20-22-15/h1-2,5-6,11H,3-4,7-10H2,(H,20,22). The highest BCUT2D eigenvalue weighted by molar-refractivity contribution is 5.86. The topological polar surface area (TPSA) is 82.8 Å². The van der Waals surface area contributed by atoms with Crippen LogP contribution in [0.4, 0.5) is 5.82 Å². The maximum atomic E-state index is 9.73. The Hall–Kier alpha value is -2.85. The van der Waals surface area contributed by atoms with Crippen LogP contribution in [0, 0.1) is 11.3 Å². The summed E-state index contributed by atoms with van der Waals surface area (Å²) < 4.78 is 7.45. The molecule has 0 bridgehead atoms. The fraction of sp³-hybridized carbons (Fsp3) is 0.389. The van der Waals surface area contributed by atoms with E-state index in [0.29, 0.717) is 13.2 Å². The molecule has 0 atom stereocenters. The number of fused-ring (bicyclic) bond motifs is 1. The predicted octanol–water partition coefficient (Wildman–Crippen LogP) is 2.14. The SMILES string of the molecule is N#CC1(c2cc(N3CCOCC3)nc3c2ccn3-c2cc[nH]n2)CC1. The second-order valence-corrected chi connectivity index (χ2v) is 6.68. The van der Waals surface area contributed by atoms with Crippen LogP contribution in [0.3, 0.4) is 0 Å². The lowest BCUT2D eigenvalue weighted by Gasteiger charge is -2.28. The summed E-state index contributed by atoms with van der Waals surface area (Å²) in [7, 11) is 0. The molecule has 2 fully saturated rings. The minimum atomic E-state index is -0.361. The summed E-state index contributed by atoms with van der Waals surface area (Å²) >= 11 is 0. The van der Waals surface area contributed by atoms with Gasteiger partial charge < -0.3 is 9.64 Å². The first-order valence-corrected chi connectivity index (χ1v) is 8.57. The molecule has 25 heavy (non-hydrogen) atoms. The van der Waals surface area contributed by atoms with Gasteiger partial charge in [-0.25, -0.2) is 4.98 Å². The second kappa shape index (κ2) is 5.33. The lowest BCUT2D eigenvalue weighted by Crippen LogP contribution is -2.37. The lowest BCUT2D eigenvalue weighted by molar-refractivity contribution is 0.122. The number of morpholine rings is 1. The summed E-state index contributed by atoms with van der Waals surface area (Å²) in [5.41, 5.74) is 1.59. The molecule has 0 amide bonds. The Morgan fingerprint density at radius 1 is 1.20 bits per heavy atom. The first-order chi connectivity index (χ1) is 12.3. The molecule has 7 heteroatoms. The number of nitrogens with one attached hydrogen (secondary N) is 1. The van der Waals surface area contributed by atoms with E-state index in [1.807, 2.05) is 22.9 Å². The first-order valence-electron chi connectivity index (χ1n) is 8.57. The van der Waals surface area contributed by atoms with Crippen molar-refractivity contribution in [2.24, 2.45) is 0 Å². The molecule has 0 unspecified atom stereocenters. The number of H-pyrrole nitrogens is 1. The summed E-state index contributed by atoms with van der Waals surface area (Å²) in [5, 5.41) is 17.9. The van der Waals surface area contributed by atoms with Gasteiger partial charge >= 0.3 is 0 Å². The molecule has 0 spiro atoms. The van der Waals surface area contributed by atoms with Crippen LogP contribution in [0.1, 0.15) is 18.4 Å². The van der Waals surface area contributed by atoms with Gasteiger partial charge in [-0.1, -0.05) is 0 Å². The third-order valence-corrected chi connectivity index (χ3v) is 5.19. The smallest absolute Gasteiger partial charge is 0.160 e. The molecular formula is C18H18N6O. The van der Waals surface area contributed by atoms with E-state index in [1.54, 1.807) is 6.20 Å². The molecule has 1 saturated heterocycles. The van der Waals surface area contributed by atoms with Gasteiger partial charge in [0.2, 0.25) is 0 Å². The summed E-state index contributed by atoms with van der Waals surface area (Å²) in [6.45, 7) is 3.05. The lowest BCUT2D eigenvalue weighted by atomic mass is 9.95. The van der Waals surface area contributed by atoms with E-state index in [2.05, 4.69) is 27.2 Å². The van der Waals surface area contributed by atoms with Crippen molar-refractivity contribution in [1.29, 1.82) is 5.26 Å². The van der Waals surface area contributed by atoms with Crippen LogP contribution in [0.25, 0.3) is 16.9 Å². The van der Waals surface area contributed by atoms with Gasteiger partial charge in [-0.05, 0) is 30.5 Å². The van der Waals surface area contributed by atoms with Gasteiger partial charge in [0.25, 0.3) is 0 Å². The van der Waals surface area contributed by atoms with Gasteiger partial charge in [0.1, 0.15) is 11.5 Å². The molecule has 5 rings (SSSR count). The third-order valence-electron chi connectivity index (χ3n) is 5.19. The van der Waals surface area contributed by atoms with Crippen molar-refractivity contribution in [3.8, 4) is 11.9 Å². The Labute approximate surface area is 144 Å². The van der Waals surface area contributed by atoms with Crippen molar-refractivity contribution in [2.75, 3.05) is 31.2 Å². The molecule has 1 saturated carbocycles. The highest BCUT2D eigenvalue weighted by Gasteiger charge is 2.46. The maximum Gasteiger partial charge on any atom is 0.160 e. The normalized spacial score (nSPS) is 19.1. The number of nitriles is 1. The minimum absolute atomic E-state index is 0.361. The third kappa shape index (κ3) is 2.22. The van der Waals surface area contributed by atoms with Gasteiger partial charge in [-0.2, -0.15) is 10.4 Å². The monoisotopic (exact) mass is 334 g/mol. The van der Waals surface area contributed by atoms with E-state index in [1.165, 1.54) is 0 Å². The molecular weight excluding hydrogens is 316 g/mol. The van der Waals surface area contributed by atoms with Crippen molar-refractivity contribution >= 4 is 16.9 Å². The zero-order chi connectivity index (χ0) is 16.9. The predicted molar refractivity (Wildman–Crippen MR) is 92.8 cm³/mol. The Kier molecular flexibility index (Phi) is 3.09. The van der Waals surface area contributed by atoms with E-state index >= 15 is 0 Å². The highest BCUT2D eigenvalue weighted by Crippen LogP contribution is 2.50. The zero-order valence-electron chi connectivity index (χ0n) is 13.8. The van der Waals surface area contributed by atoms with Gasteiger partial charge in [0, 0.05) is 36.9 Å². The van der Waals surface area contributed by atoms with Crippen LogP contribution >= 0.6 is 0 Å². The number of pyridine rings is 1. The average Bonchev–Trinajstić information content (AvgIpc) is 3.06. The van der Waals surface area contributed by atoms with Gasteiger partial charge in [0.15, 0.2) is 5.82 Å². The van der Waals surface area contributed by atoms with Crippen LogP contribution in [-0.2, 0) is 10.2 Å².